The first-order chi connectivity index (χ1) is 14.9. The van der Waals surface area contributed by atoms with Gasteiger partial charge in [-0.05, 0) is 37.2 Å². The fourth-order valence-corrected chi connectivity index (χ4v) is 4.06. The number of hydrogen-bond acceptors (Lipinski definition) is 5. The first kappa shape index (κ1) is 21.2. The normalized spacial score (nSPS) is 19.5. The van der Waals surface area contributed by atoms with Crippen molar-refractivity contribution in [3.63, 3.8) is 0 Å². The fourth-order valence-electron chi connectivity index (χ4n) is 3.90. The summed E-state index contributed by atoms with van der Waals surface area (Å²) in [5.41, 5.74) is 1.56. The van der Waals surface area contributed by atoms with E-state index in [1.54, 1.807) is 26.4 Å². The number of para-hydroxylation sites is 1. The zero-order valence-corrected chi connectivity index (χ0v) is 18.3. The minimum Gasteiger partial charge on any atom is -0.376 e. The molecule has 2 aliphatic rings. The highest BCUT2D eigenvalue weighted by Gasteiger charge is 2.35. The third kappa shape index (κ3) is 4.11. The molecule has 3 amide bonds. The monoisotopic (exact) mass is 440 g/mol. The molecule has 3 heterocycles. The second-order valence-corrected chi connectivity index (χ2v) is 8.10. The number of amides is 3. The van der Waals surface area contributed by atoms with Crippen LogP contribution in [0.1, 0.15) is 18.4 Å². The molecule has 4 rings (SSSR count). The zero-order chi connectivity index (χ0) is 22.1. The Morgan fingerprint density at radius 3 is 2.61 bits per heavy atom. The van der Waals surface area contributed by atoms with E-state index in [9.17, 15) is 14.4 Å². The topological polar surface area (TPSA) is 83.9 Å². The van der Waals surface area contributed by atoms with Gasteiger partial charge in [0.1, 0.15) is 12.1 Å². The summed E-state index contributed by atoms with van der Waals surface area (Å²) in [5.74, 6) is -1.01. The first-order valence-electron chi connectivity index (χ1n) is 10.1. The Kier molecular flexibility index (Phi) is 5.88. The minimum absolute atomic E-state index is 0.0318. The molecule has 0 unspecified atom stereocenters. The summed E-state index contributed by atoms with van der Waals surface area (Å²) in [6.45, 7) is 1.37. The summed E-state index contributed by atoms with van der Waals surface area (Å²) in [5, 5.41) is 3.94. The number of nitrogens with zero attached hydrogens (tertiary/aromatic N) is 3. The van der Waals surface area contributed by atoms with Crippen LogP contribution in [-0.2, 0) is 25.7 Å². The molecule has 9 heteroatoms. The number of fused-ring (bicyclic) bond motifs is 1. The van der Waals surface area contributed by atoms with Gasteiger partial charge in [0, 0.05) is 49.9 Å². The highest BCUT2D eigenvalue weighted by atomic mass is 32.1. The molecule has 0 bridgehead atoms. The van der Waals surface area contributed by atoms with E-state index in [1.165, 1.54) is 9.80 Å². The van der Waals surface area contributed by atoms with E-state index >= 15 is 0 Å². The van der Waals surface area contributed by atoms with Crippen LogP contribution in [0.15, 0.2) is 36.0 Å². The van der Waals surface area contributed by atoms with E-state index < -0.39 is 11.8 Å². The molecular weight excluding hydrogens is 416 g/mol. The fraction of sp³-hybridized carbons (Fsp3) is 0.364. The number of carbonyl (C=O) groups is 3. The van der Waals surface area contributed by atoms with Crippen LogP contribution in [0.3, 0.4) is 0 Å². The van der Waals surface area contributed by atoms with Gasteiger partial charge in [0.05, 0.1) is 6.10 Å². The third-order valence-electron chi connectivity index (χ3n) is 5.63. The Labute approximate surface area is 185 Å². The summed E-state index contributed by atoms with van der Waals surface area (Å²) in [4.78, 5) is 40.4. The minimum atomic E-state index is -0.445. The first-order valence-corrected chi connectivity index (χ1v) is 10.6. The Hall–Kier alpha value is -3.04. The van der Waals surface area contributed by atoms with Crippen LogP contribution < -0.4 is 5.32 Å². The molecule has 0 saturated carbocycles. The molecule has 2 aliphatic heterocycles. The van der Waals surface area contributed by atoms with Crippen LogP contribution in [0, 0.1) is 0 Å². The van der Waals surface area contributed by atoms with E-state index in [4.69, 9.17) is 17.0 Å². The Balaban J connectivity index is 1.61. The highest BCUT2D eigenvalue weighted by molar-refractivity contribution is 7.80. The van der Waals surface area contributed by atoms with Crippen molar-refractivity contribution in [3.05, 3.63) is 41.6 Å². The molecule has 0 radical (unpaired) electrons. The summed E-state index contributed by atoms with van der Waals surface area (Å²) >= 11 is 5.14. The number of benzene rings is 1. The Morgan fingerprint density at radius 2 is 1.94 bits per heavy atom. The zero-order valence-electron chi connectivity index (χ0n) is 17.5. The lowest BCUT2D eigenvalue weighted by molar-refractivity contribution is -0.132. The number of thiocarbonyl (C=S) groups is 1. The van der Waals surface area contributed by atoms with Gasteiger partial charge in [0.15, 0.2) is 5.11 Å². The molecule has 2 saturated heterocycles. The van der Waals surface area contributed by atoms with Crippen molar-refractivity contribution >= 4 is 52.0 Å². The van der Waals surface area contributed by atoms with E-state index in [0.717, 1.165) is 30.4 Å². The van der Waals surface area contributed by atoms with Crippen molar-refractivity contribution in [2.45, 2.75) is 25.5 Å². The molecule has 1 aromatic heterocycles. The van der Waals surface area contributed by atoms with Crippen LogP contribution >= 0.6 is 12.2 Å². The maximum Gasteiger partial charge on any atom is 0.265 e. The quantitative estimate of drug-likeness (QED) is 0.433. The van der Waals surface area contributed by atoms with Gasteiger partial charge in [0.25, 0.3) is 11.8 Å². The van der Waals surface area contributed by atoms with Crippen molar-refractivity contribution in [1.82, 2.24) is 19.7 Å². The molecular formula is C22H24N4O4S. The second kappa shape index (κ2) is 8.60. The lowest BCUT2D eigenvalue weighted by Crippen LogP contribution is -2.52. The van der Waals surface area contributed by atoms with Gasteiger partial charge < -0.3 is 14.6 Å². The third-order valence-corrected chi connectivity index (χ3v) is 6.18. The number of aromatic nitrogens is 1. The molecule has 8 nitrogen and oxygen atoms in total. The van der Waals surface area contributed by atoms with E-state index in [-0.39, 0.29) is 29.2 Å². The number of ether oxygens (including phenoxy) is 1. The second-order valence-electron chi connectivity index (χ2n) is 7.74. The number of hydrogen-bond donors (Lipinski definition) is 1. The predicted molar refractivity (Wildman–Crippen MR) is 120 cm³/mol. The summed E-state index contributed by atoms with van der Waals surface area (Å²) in [6, 6.07) is 7.57. The lowest BCUT2D eigenvalue weighted by atomic mass is 10.1. The maximum atomic E-state index is 12.7. The molecule has 0 spiro atoms. The van der Waals surface area contributed by atoms with Crippen LogP contribution in [0.25, 0.3) is 17.0 Å². The largest absolute Gasteiger partial charge is 0.376 e. The van der Waals surface area contributed by atoms with Crippen LogP contribution in [0.4, 0.5) is 0 Å². The van der Waals surface area contributed by atoms with Crippen LogP contribution in [-0.4, -0.2) is 70.6 Å². The van der Waals surface area contributed by atoms with E-state index in [2.05, 4.69) is 5.32 Å². The van der Waals surface area contributed by atoms with Gasteiger partial charge in [-0.25, -0.2) is 0 Å². The van der Waals surface area contributed by atoms with Crippen molar-refractivity contribution in [1.29, 1.82) is 0 Å². The Bertz CT molecular complexity index is 1070. The maximum absolute atomic E-state index is 12.7. The molecule has 1 aromatic carbocycles. The van der Waals surface area contributed by atoms with E-state index in [1.807, 2.05) is 28.8 Å². The Morgan fingerprint density at radius 1 is 1.23 bits per heavy atom. The lowest BCUT2D eigenvalue weighted by Gasteiger charge is -2.31. The molecule has 31 heavy (non-hydrogen) atoms. The molecule has 0 aliphatic carbocycles. The number of nitrogens with one attached hydrogen (secondary N) is 1. The molecule has 162 valence electrons. The highest BCUT2D eigenvalue weighted by Crippen LogP contribution is 2.26. The van der Waals surface area contributed by atoms with Crippen molar-refractivity contribution in [3.8, 4) is 0 Å². The number of carbonyl (C=O) groups excluding carboxylic acids is 3. The summed E-state index contributed by atoms with van der Waals surface area (Å²) in [6.07, 6.45) is 5.42. The molecule has 1 atom stereocenters. The number of rotatable bonds is 5. The summed E-state index contributed by atoms with van der Waals surface area (Å²) in [7, 11) is 3.09. The smallest absolute Gasteiger partial charge is 0.265 e. The molecule has 1 N–H and O–H groups in total. The van der Waals surface area contributed by atoms with Crippen LogP contribution in [0.2, 0.25) is 0 Å². The molecule has 2 aromatic rings. The number of likely N-dealkylation sites (N-methyl/N-ethyl adjacent to an activating group) is 2. The predicted octanol–water partition coefficient (Wildman–Crippen LogP) is 1.54. The SMILES string of the molecule is CN1C(=O)C(=Cc2cn(CC(=O)NC[C@H]3CCCO3)c3ccccc23)C(=O)N(C)C1=S. The van der Waals surface area contributed by atoms with Crippen molar-refractivity contribution in [2.24, 2.45) is 0 Å². The standard InChI is InChI=1S/C22H24N4O4S/c1-24-20(28)17(21(29)25(2)22(24)31)10-14-12-26(18-8-4-3-7-16(14)18)13-19(27)23-11-15-6-5-9-30-15/h3-4,7-8,10,12,15H,5-6,9,11,13H2,1-2H3,(H,23,27)/t15-/m1/s1. The average Bonchev–Trinajstić information content (AvgIpc) is 3.41. The van der Waals surface area contributed by atoms with E-state index in [0.29, 0.717) is 12.1 Å². The van der Waals surface area contributed by atoms with Crippen molar-refractivity contribution in [2.75, 3.05) is 27.2 Å². The van der Waals surface area contributed by atoms with Gasteiger partial charge >= 0.3 is 0 Å². The van der Waals surface area contributed by atoms with Crippen molar-refractivity contribution < 1.29 is 19.1 Å². The van der Waals surface area contributed by atoms with Crippen LogP contribution in [0.5, 0.6) is 0 Å². The van der Waals surface area contributed by atoms with Gasteiger partial charge in [-0.15, -0.1) is 0 Å². The van der Waals surface area contributed by atoms with Gasteiger partial charge in [-0.2, -0.15) is 0 Å². The summed E-state index contributed by atoms with van der Waals surface area (Å²) < 4.78 is 7.37. The molecule has 2 fully saturated rings. The van der Waals surface area contributed by atoms with Gasteiger partial charge in [0.2, 0.25) is 5.91 Å². The average molecular weight is 441 g/mol. The van der Waals surface area contributed by atoms with Gasteiger partial charge in [-0.1, -0.05) is 18.2 Å². The van der Waals surface area contributed by atoms with Gasteiger partial charge in [-0.3, -0.25) is 24.2 Å².